The second-order valence-corrected chi connectivity index (χ2v) is 7.92. The summed E-state index contributed by atoms with van der Waals surface area (Å²) >= 11 is 0. The zero-order chi connectivity index (χ0) is 17.1. The maximum absolute atomic E-state index is 12.5. The van der Waals surface area contributed by atoms with Gasteiger partial charge in [0.2, 0.25) is 5.91 Å². The molecule has 2 N–H and O–H groups in total. The molecule has 0 aromatic carbocycles. The van der Waals surface area contributed by atoms with Gasteiger partial charge in [-0.05, 0) is 44.1 Å². The van der Waals surface area contributed by atoms with Crippen LogP contribution in [0.5, 0.6) is 0 Å². The number of nitrogens with one attached hydrogen (secondary N) is 2. The van der Waals surface area contributed by atoms with Crippen molar-refractivity contribution in [2.75, 3.05) is 13.2 Å². The molecule has 0 radical (unpaired) electrons. The Morgan fingerprint density at radius 1 is 1.08 bits per heavy atom. The molecule has 0 spiro atoms. The summed E-state index contributed by atoms with van der Waals surface area (Å²) in [5.41, 5.74) is 2.29. The van der Waals surface area contributed by atoms with Gasteiger partial charge in [0.1, 0.15) is 0 Å². The van der Waals surface area contributed by atoms with Crippen LogP contribution in [0.25, 0.3) is 0 Å². The molecule has 1 saturated heterocycles. The Morgan fingerprint density at radius 3 is 2.68 bits per heavy atom. The molecule has 25 heavy (non-hydrogen) atoms. The number of allylic oxidation sites excluding steroid dienone is 4. The number of amides is 1. The minimum absolute atomic E-state index is 0.127. The normalized spacial score (nSPS) is 30.6. The van der Waals surface area contributed by atoms with E-state index in [0.717, 1.165) is 50.9 Å². The second kappa shape index (κ2) is 7.88. The molecule has 4 aliphatic rings. The van der Waals surface area contributed by atoms with Crippen molar-refractivity contribution in [1.29, 1.82) is 0 Å². The molecule has 2 atom stereocenters. The van der Waals surface area contributed by atoms with Crippen LogP contribution in [0.15, 0.2) is 35.5 Å². The minimum Gasteiger partial charge on any atom is -0.381 e. The van der Waals surface area contributed by atoms with Crippen molar-refractivity contribution in [1.82, 2.24) is 10.6 Å². The van der Waals surface area contributed by atoms with Gasteiger partial charge in [-0.3, -0.25) is 4.79 Å². The first kappa shape index (κ1) is 17.0. The number of carbonyl (C=O) groups excluding carboxylic acids is 1. The van der Waals surface area contributed by atoms with Gasteiger partial charge in [0.15, 0.2) is 0 Å². The molecule has 1 heterocycles. The summed E-state index contributed by atoms with van der Waals surface area (Å²) in [6.07, 6.45) is 17.5. The van der Waals surface area contributed by atoms with Crippen molar-refractivity contribution >= 4 is 5.91 Å². The second-order valence-electron chi connectivity index (χ2n) is 7.92. The fourth-order valence-electron chi connectivity index (χ4n) is 4.35. The average Bonchev–Trinajstić information content (AvgIpc) is 3.27. The van der Waals surface area contributed by atoms with E-state index in [1.54, 1.807) is 0 Å². The Hall–Kier alpha value is -1.39. The van der Waals surface area contributed by atoms with Gasteiger partial charge < -0.3 is 15.4 Å². The van der Waals surface area contributed by atoms with E-state index < -0.39 is 0 Å². The Bertz CT molecular complexity index is 581. The van der Waals surface area contributed by atoms with E-state index in [-0.39, 0.29) is 5.91 Å². The molecule has 4 nitrogen and oxygen atoms in total. The van der Waals surface area contributed by atoms with Crippen LogP contribution in [-0.4, -0.2) is 37.2 Å². The number of hydrogen-bond acceptors (Lipinski definition) is 3. The fourth-order valence-corrected chi connectivity index (χ4v) is 4.35. The third-order valence-corrected chi connectivity index (χ3v) is 6.02. The van der Waals surface area contributed by atoms with E-state index in [4.69, 9.17) is 4.74 Å². The van der Waals surface area contributed by atoms with Gasteiger partial charge in [-0.2, -0.15) is 0 Å². The van der Waals surface area contributed by atoms with Gasteiger partial charge in [-0.1, -0.05) is 37.1 Å². The van der Waals surface area contributed by atoms with Crippen LogP contribution < -0.4 is 10.6 Å². The van der Waals surface area contributed by atoms with Crippen molar-refractivity contribution in [3.63, 3.8) is 0 Å². The van der Waals surface area contributed by atoms with E-state index in [2.05, 4.69) is 28.9 Å². The molecular formula is C21H30N2O2. The maximum Gasteiger partial charge on any atom is 0.247 e. The van der Waals surface area contributed by atoms with Gasteiger partial charge in [0, 0.05) is 42.8 Å². The monoisotopic (exact) mass is 342 g/mol. The van der Waals surface area contributed by atoms with Crippen LogP contribution >= 0.6 is 0 Å². The summed E-state index contributed by atoms with van der Waals surface area (Å²) in [4.78, 5) is 12.5. The van der Waals surface area contributed by atoms with Gasteiger partial charge in [-0.15, -0.1) is 0 Å². The van der Waals surface area contributed by atoms with Gasteiger partial charge in [-0.25, -0.2) is 0 Å². The standard InChI is InChI=1S/C21H30N2O2/c24-21(23-17-6-1-2-7-17)16-5-3-4-15(8-9-16)19-14-20(19)22-18-10-12-25-13-11-18/h3-5,8,17-20,22H,1-2,6-7,9-14H2,(H,23,24). The summed E-state index contributed by atoms with van der Waals surface area (Å²) in [5, 5.41) is 7.00. The quantitative estimate of drug-likeness (QED) is 0.807. The Morgan fingerprint density at radius 2 is 1.88 bits per heavy atom. The molecule has 0 aromatic heterocycles. The van der Waals surface area contributed by atoms with Crippen molar-refractivity contribution in [3.05, 3.63) is 35.5 Å². The van der Waals surface area contributed by atoms with Crippen molar-refractivity contribution in [2.45, 2.75) is 69.5 Å². The maximum atomic E-state index is 12.5. The van der Waals surface area contributed by atoms with Crippen molar-refractivity contribution in [2.24, 2.45) is 5.92 Å². The molecule has 136 valence electrons. The summed E-state index contributed by atoms with van der Waals surface area (Å²) in [6.45, 7) is 1.78. The largest absolute Gasteiger partial charge is 0.381 e. The summed E-state index contributed by atoms with van der Waals surface area (Å²) in [6, 6.07) is 1.61. The topological polar surface area (TPSA) is 50.4 Å². The SMILES string of the molecule is O=C(NC1CCCC1)C1=CC=CC(C2CC2NC2CCOCC2)=CC1. The zero-order valence-electron chi connectivity index (χ0n) is 15.0. The molecule has 3 fully saturated rings. The molecule has 4 heteroatoms. The van der Waals surface area contributed by atoms with E-state index in [9.17, 15) is 4.79 Å². The molecule has 0 aromatic rings. The highest BCUT2D eigenvalue weighted by molar-refractivity contribution is 5.94. The highest BCUT2D eigenvalue weighted by atomic mass is 16.5. The van der Waals surface area contributed by atoms with Crippen LogP contribution in [0, 0.1) is 5.92 Å². The van der Waals surface area contributed by atoms with E-state index in [1.807, 2.05) is 6.08 Å². The van der Waals surface area contributed by atoms with Gasteiger partial charge >= 0.3 is 0 Å². The number of ether oxygens (including phenoxy) is 1. The number of carbonyl (C=O) groups is 1. The Labute approximate surface area is 150 Å². The highest BCUT2D eigenvalue weighted by Crippen LogP contribution is 2.39. The summed E-state index contributed by atoms with van der Waals surface area (Å²) in [5.74, 6) is 0.742. The van der Waals surface area contributed by atoms with Gasteiger partial charge in [0.05, 0.1) is 0 Å². The third-order valence-electron chi connectivity index (χ3n) is 6.02. The smallest absolute Gasteiger partial charge is 0.247 e. The Balaban J connectivity index is 1.27. The Kier molecular flexibility index (Phi) is 5.37. The van der Waals surface area contributed by atoms with E-state index in [1.165, 1.54) is 24.8 Å². The lowest BCUT2D eigenvalue weighted by Gasteiger charge is -2.23. The number of hydrogen-bond donors (Lipinski definition) is 2. The van der Waals surface area contributed by atoms with Crippen LogP contribution in [0.3, 0.4) is 0 Å². The lowest BCUT2D eigenvalue weighted by Crippen LogP contribution is -2.36. The van der Waals surface area contributed by atoms with Crippen LogP contribution in [0.4, 0.5) is 0 Å². The predicted octanol–water partition coefficient (Wildman–Crippen LogP) is 3.02. The highest BCUT2D eigenvalue weighted by Gasteiger charge is 2.40. The minimum atomic E-state index is 0.127. The third kappa shape index (κ3) is 4.42. The summed E-state index contributed by atoms with van der Waals surface area (Å²) in [7, 11) is 0. The van der Waals surface area contributed by atoms with Gasteiger partial charge in [0.25, 0.3) is 0 Å². The molecule has 1 aliphatic heterocycles. The molecular weight excluding hydrogens is 312 g/mol. The summed E-state index contributed by atoms with van der Waals surface area (Å²) < 4.78 is 5.44. The van der Waals surface area contributed by atoms with Crippen molar-refractivity contribution < 1.29 is 9.53 Å². The molecule has 2 saturated carbocycles. The lowest BCUT2D eigenvalue weighted by molar-refractivity contribution is -0.118. The van der Waals surface area contributed by atoms with Crippen LogP contribution in [0.2, 0.25) is 0 Å². The van der Waals surface area contributed by atoms with Crippen LogP contribution in [0.1, 0.15) is 51.4 Å². The first-order valence-electron chi connectivity index (χ1n) is 10.0. The molecule has 1 amide bonds. The van der Waals surface area contributed by atoms with Crippen molar-refractivity contribution in [3.8, 4) is 0 Å². The lowest BCUT2D eigenvalue weighted by atomic mass is 10.1. The fraction of sp³-hybridized carbons (Fsp3) is 0.667. The van der Waals surface area contributed by atoms with E-state index in [0.29, 0.717) is 24.0 Å². The molecule has 2 unspecified atom stereocenters. The number of rotatable bonds is 5. The molecule has 4 rings (SSSR count). The molecule has 3 aliphatic carbocycles. The van der Waals surface area contributed by atoms with Crippen LogP contribution in [-0.2, 0) is 9.53 Å². The average molecular weight is 342 g/mol. The first-order valence-corrected chi connectivity index (χ1v) is 10.0. The first-order chi connectivity index (χ1) is 12.3. The zero-order valence-corrected chi connectivity index (χ0v) is 15.0. The predicted molar refractivity (Wildman–Crippen MR) is 99.2 cm³/mol. The van der Waals surface area contributed by atoms with E-state index >= 15 is 0 Å². The molecule has 0 bridgehead atoms.